The number of aliphatic imine (C=N–C) groups is 1. The van der Waals surface area contributed by atoms with Gasteiger partial charge in [0.2, 0.25) is 0 Å². The topological polar surface area (TPSA) is 104 Å². The van der Waals surface area contributed by atoms with Gasteiger partial charge in [0.05, 0.1) is 19.2 Å². The second-order valence-electron chi connectivity index (χ2n) is 8.94. The molecule has 11 heteroatoms. The first-order valence-electron chi connectivity index (χ1n) is 11.1. The lowest BCUT2D eigenvalue weighted by Crippen LogP contribution is -2.42. The average molecular weight is 565 g/mol. The summed E-state index contributed by atoms with van der Waals surface area (Å²) < 4.78 is 17.8. The lowest BCUT2D eigenvalue weighted by atomic mass is 10.0. The van der Waals surface area contributed by atoms with Gasteiger partial charge in [0.15, 0.2) is 10.8 Å². The molecule has 0 bridgehead atoms. The molecule has 8 nitrogen and oxygen atoms in total. The van der Waals surface area contributed by atoms with E-state index in [-0.39, 0.29) is 17.8 Å². The Morgan fingerprint density at radius 1 is 1.40 bits per heavy atom. The van der Waals surface area contributed by atoms with Crippen LogP contribution in [-0.2, 0) is 14.3 Å². The Labute approximate surface area is 215 Å². The first kappa shape index (κ1) is 25.5. The molecule has 0 amide bonds. The van der Waals surface area contributed by atoms with Crippen LogP contribution in [0, 0.1) is 18.2 Å². The van der Waals surface area contributed by atoms with Gasteiger partial charge in [-0.2, -0.15) is 0 Å². The number of esters is 1. The number of likely N-dealkylation sites (tertiary alicyclic amines) is 1. The average Bonchev–Trinajstić information content (AvgIpc) is 3.26. The number of aryl methyl sites for hydroxylation is 1. The monoisotopic (exact) mass is 564 g/mol. The number of carbonyl (C=O) groups excluding carboxylic acids is 1. The Balaban J connectivity index is 0.000000308. The van der Waals surface area contributed by atoms with Crippen molar-refractivity contribution in [2.45, 2.75) is 32.2 Å². The van der Waals surface area contributed by atoms with Crippen LogP contribution >= 0.6 is 27.3 Å². The molecule has 2 N–H and O–H groups in total. The number of carboxylic acids is 1. The van der Waals surface area contributed by atoms with E-state index >= 15 is 0 Å². The van der Waals surface area contributed by atoms with Gasteiger partial charge in [-0.05, 0) is 49.8 Å². The normalized spacial score (nSPS) is 20.6. The number of aliphatic carboxylic acids is 1. The quantitative estimate of drug-likeness (QED) is 0.533. The Morgan fingerprint density at radius 2 is 2.17 bits per heavy atom. The second kappa shape index (κ2) is 10.5. The van der Waals surface area contributed by atoms with Crippen LogP contribution in [-0.4, -0.2) is 65.6 Å². The standard InChI is InChI=1S/C18H22N4O4S.C6H4BrF/c1-10-8-27-15(20-10)14-19-6-11(17(25)26-2)12(21-14)7-22-9-18(3-4-18)5-13(22)16(23)24;7-5-2-1-3-6(8)4-5/h8,13H,3-7,9H2,1-2H3,(H,19,21)(H,23,24);1-4H. The van der Waals surface area contributed by atoms with E-state index in [0.29, 0.717) is 30.1 Å². The number of halogens is 2. The minimum Gasteiger partial charge on any atom is -0.480 e. The van der Waals surface area contributed by atoms with Crippen molar-refractivity contribution in [3.63, 3.8) is 0 Å². The summed E-state index contributed by atoms with van der Waals surface area (Å²) in [6, 6.07) is 5.73. The van der Waals surface area contributed by atoms with Gasteiger partial charge in [0, 0.05) is 34.3 Å². The summed E-state index contributed by atoms with van der Waals surface area (Å²) in [5.74, 6) is -0.843. The van der Waals surface area contributed by atoms with Crippen LogP contribution in [0.5, 0.6) is 0 Å². The van der Waals surface area contributed by atoms with Gasteiger partial charge >= 0.3 is 11.9 Å². The summed E-state index contributed by atoms with van der Waals surface area (Å²) >= 11 is 4.60. The molecule has 1 atom stereocenters. The van der Waals surface area contributed by atoms with Crippen LogP contribution in [0.2, 0.25) is 0 Å². The number of ether oxygens (including phenoxy) is 1. The molecule has 5 rings (SSSR count). The lowest BCUT2D eigenvalue weighted by Gasteiger charge is -2.27. The van der Waals surface area contributed by atoms with E-state index in [9.17, 15) is 19.1 Å². The molecule has 35 heavy (non-hydrogen) atoms. The molecule has 1 aromatic carbocycles. The zero-order valence-corrected chi connectivity index (χ0v) is 21.8. The minimum absolute atomic E-state index is 0.146. The van der Waals surface area contributed by atoms with Crippen LogP contribution in [0.15, 0.2) is 50.4 Å². The van der Waals surface area contributed by atoms with Crippen LogP contribution in [0.1, 0.15) is 30.0 Å². The SMILES string of the molecule is COC(=O)C1=C(CN2CC3(CC3)CC2C(=O)O)NC(c2nc(C)cs2)=NC1.Fc1cccc(Br)c1. The number of benzene rings is 1. The molecule has 1 saturated carbocycles. The van der Waals surface area contributed by atoms with Crippen molar-refractivity contribution in [1.29, 1.82) is 0 Å². The van der Waals surface area contributed by atoms with E-state index in [4.69, 9.17) is 4.74 Å². The predicted octanol–water partition coefficient (Wildman–Crippen LogP) is 3.76. The number of aromatic nitrogens is 1. The van der Waals surface area contributed by atoms with E-state index < -0.39 is 18.0 Å². The van der Waals surface area contributed by atoms with Crippen molar-refractivity contribution < 1.29 is 23.8 Å². The van der Waals surface area contributed by atoms with E-state index in [1.54, 1.807) is 12.1 Å². The third-order valence-electron chi connectivity index (χ3n) is 6.28. The number of thiazole rings is 1. The van der Waals surface area contributed by atoms with Crippen molar-refractivity contribution in [3.8, 4) is 0 Å². The zero-order valence-electron chi connectivity index (χ0n) is 19.4. The van der Waals surface area contributed by atoms with Gasteiger partial charge in [0.1, 0.15) is 11.9 Å². The predicted molar refractivity (Wildman–Crippen MR) is 134 cm³/mol. The number of nitrogens with zero attached hydrogens (tertiary/aromatic N) is 3. The smallest absolute Gasteiger partial charge is 0.337 e. The number of amidine groups is 1. The van der Waals surface area contributed by atoms with Crippen LogP contribution < -0.4 is 5.32 Å². The Kier molecular flexibility index (Phi) is 7.67. The molecule has 3 heterocycles. The highest BCUT2D eigenvalue weighted by Crippen LogP contribution is 2.54. The molecule has 186 valence electrons. The summed E-state index contributed by atoms with van der Waals surface area (Å²) in [4.78, 5) is 34.8. The van der Waals surface area contributed by atoms with Crippen molar-refractivity contribution in [3.05, 3.63) is 61.9 Å². The molecule has 3 aliphatic rings. The number of carbonyl (C=O) groups is 2. The molecular formula is C24H26BrFN4O4S. The highest BCUT2D eigenvalue weighted by Gasteiger charge is 2.54. The van der Waals surface area contributed by atoms with Crippen molar-refractivity contribution in [2.75, 3.05) is 26.7 Å². The number of nitrogens with one attached hydrogen (secondary N) is 1. The summed E-state index contributed by atoms with van der Waals surface area (Å²) in [5, 5.41) is 15.5. The Hall–Kier alpha value is -2.63. The molecule has 1 unspecified atom stereocenters. The maximum Gasteiger partial charge on any atom is 0.337 e. The fourth-order valence-electron chi connectivity index (χ4n) is 4.30. The molecule has 1 spiro atoms. The van der Waals surface area contributed by atoms with Gasteiger partial charge < -0.3 is 15.2 Å². The van der Waals surface area contributed by atoms with E-state index in [2.05, 4.69) is 31.2 Å². The number of carboxylic acid groups (broad SMARTS) is 1. The number of hydrogen-bond acceptors (Lipinski definition) is 8. The molecule has 2 fully saturated rings. The fraction of sp³-hybridized carbons (Fsp3) is 0.417. The highest BCUT2D eigenvalue weighted by atomic mass is 79.9. The van der Waals surface area contributed by atoms with Crippen LogP contribution in [0.4, 0.5) is 4.39 Å². The first-order chi connectivity index (χ1) is 16.7. The molecule has 1 saturated heterocycles. The van der Waals surface area contributed by atoms with E-state index in [1.165, 1.54) is 30.6 Å². The molecule has 0 radical (unpaired) electrons. The van der Waals surface area contributed by atoms with Gasteiger partial charge in [-0.3, -0.25) is 14.7 Å². The third-order valence-corrected chi connectivity index (χ3v) is 7.74. The largest absolute Gasteiger partial charge is 0.480 e. The number of rotatable bonds is 5. The maximum absolute atomic E-state index is 12.2. The summed E-state index contributed by atoms with van der Waals surface area (Å²) in [7, 11) is 1.34. The summed E-state index contributed by atoms with van der Waals surface area (Å²) in [6.45, 7) is 3.20. The zero-order chi connectivity index (χ0) is 25.2. The molecule has 1 aromatic heterocycles. The molecule has 1 aliphatic carbocycles. The lowest BCUT2D eigenvalue weighted by molar-refractivity contribution is -0.142. The highest BCUT2D eigenvalue weighted by molar-refractivity contribution is 9.10. The summed E-state index contributed by atoms with van der Waals surface area (Å²) in [5.41, 5.74) is 2.15. The second-order valence-corrected chi connectivity index (χ2v) is 10.7. The molecule has 2 aliphatic heterocycles. The number of hydrogen-bond donors (Lipinski definition) is 2. The van der Waals surface area contributed by atoms with Crippen molar-refractivity contribution in [1.82, 2.24) is 15.2 Å². The van der Waals surface area contributed by atoms with E-state index in [1.807, 2.05) is 17.2 Å². The van der Waals surface area contributed by atoms with E-state index in [0.717, 1.165) is 34.6 Å². The Morgan fingerprint density at radius 3 is 2.71 bits per heavy atom. The summed E-state index contributed by atoms with van der Waals surface area (Å²) in [6.07, 6.45) is 2.83. The number of methoxy groups -OCH3 is 1. The van der Waals surface area contributed by atoms with Crippen LogP contribution in [0.3, 0.4) is 0 Å². The molecular weight excluding hydrogens is 539 g/mol. The third kappa shape index (κ3) is 6.14. The van der Waals surface area contributed by atoms with Crippen molar-refractivity contribution in [2.24, 2.45) is 10.4 Å². The Bertz CT molecular complexity index is 1180. The first-order valence-corrected chi connectivity index (χ1v) is 12.8. The maximum atomic E-state index is 12.2. The van der Waals surface area contributed by atoms with Gasteiger partial charge in [-0.15, -0.1) is 11.3 Å². The molecule has 2 aromatic rings. The van der Waals surface area contributed by atoms with Gasteiger partial charge in [0.25, 0.3) is 0 Å². The van der Waals surface area contributed by atoms with Crippen LogP contribution in [0.25, 0.3) is 0 Å². The fourth-order valence-corrected chi connectivity index (χ4v) is 5.43. The van der Waals surface area contributed by atoms with Gasteiger partial charge in [-0.1, -0.05) is 22.0 Å². The van der Waals surface area contributed by atoms with Gasteiger partial charge in [-0.25, -0.2) is 14.2 Å². The minimum atomic E-state index is -0.806. The van der Waals surface area contributed by atoms with Crippen molar-refractivity contribution >= 4 is 45.0 Å².